The Morgan fingerprint density at radius 1 is 1.10 bits per heavy atom. The average Bonchev–Trinajstić information content (AvgIpc) is 2.53. The van der Waals surface area contributed by atoms with Gasteiger partial charge >= 0.3 is 0 Å². The quantitative estimate of drug-likeness (QED) is 0.558. The standard InChI is InChI=1S/C19H27FO/c1-2-3-4-15-21-19-11-9-18(10-12-19)17-7-5-16(6-8-17)13-14-20/h9-14,16-17H,2-8,15H2,1H3/t16-,17-. The maximum absolute atomic E-state index is 12.2. The SMILES string of the molecule is CCCCCOc1ccc([C@H]2CC[C@H](C=CF)CC2)cc1. The molecule has 1 saturated carbocycles. The van der Waals surface area contributed by atoms with Gasteiger partial charge in [0.2, 0.25) is 0 Å². The lowest BCUT2D eigenvalue weighted by Gasteiger charge is -2.26. The molecule has 0 heterocycles. The predicted octanol–water partition coefficient (Wildman–Crippen LogP) is 6.01. The van der Waals surface area contributed by atoms with Crippen LogP contribution in [0.15, 0.2) is 36.7 Å². The second-order valence-electron chi connectivity index (χ2n) is 6.05. The molecule has 0 unspecified atom stereocenters. The van der Waals surface area contributed by atoms with E-state index in [0.717, 1.165) is 44.5 Å². The number of benzene rings is 1. The largest absolute Gasteiger partial charge is 0.494 e. The van der Waals surface area contributed by atoms with Crippen molar-refractivity contribution in [2.45, 2.75) is 57.8 Å². The average molecular weight is 290 g/mol. The summed E-state index contributed by atoms with van der Waals surface area (Å²) in [6.07, 6.45) is 10.5. The van der Waals surface area contributed by atoms with E-state index in [1.165, 1.54) is 18.4 Å². The fourth-order valence-corrected chi connectivity index (χ4v) is 3.13. The summed E-state index contributed by atoms with van der Waals surface area (Å²) in [6.45, 7) is 3.01. The Hall–Kier alpha value is -1.31. The summed E-state index contributed by atoms with van der Waals surface area (Å²) in [4.78, 5) is 0. The van der Waals surface area contributed by atoms with Crippen molar-refractivity contribution in [3.63, 3.8) is 0 Å². The van der Waals surface area contributed by atoms with Crippen LogP contribution in [0.3, 0.4) is 0 Å². The third-order valence-corrected chi connectivity index (χ3v) is 4.48. The van der Waals surface area contributed by atoms with Gasteiger partial charge in [-0.2, -0.15) is 0 Å². The molecule has 2 heteroatoms. The molecule has 0 aliphatic heterocycles. The van der Waals surface area contributed by atoms with Gasteiger partial charge in [-0.15, -0.1) is 0 Å². The number of allylic oxidation sites excluding steroid dienone is 1. The Kier molecular flexibility index (Phi) is 6.78. The Balaban J connectivity index is 1.79. The second kappa shape index (κ2) is 8.86. The van der Waals surface area contributed by atoms with Crippen molar-refractivity contribution in [3.05, 3.63) is 42.2 Å². The molecule has 0 aromatic heterocycles. The minimum absolute atomic E-state index is 0.437. The van der Waals surface area contributed by atoms with Crippen molar-refractivity contribution in [2.24, 2.45) is 5.92 Å². The smallest absolute Gasteiger partial charge is 0.119 e. The Bertz CT molecular complexity index is 416. The van der Waals surface area contributed by atoms with Crippen LogP contribution in [-0.4, -0.2) is 6.61 Å². The molecule has 0 saturated heterocycles. The van der Waals surface area contributed by atoms with Crippen LogP contribution >= 0.6 is 0 Å². The first-order valence-electron chi connectivity index (χ1n) is 8.33. The summed E-state index contributed by atoms with van der Waals surface area (Å²) >= 11 is 0. The predicted molar refractivity (Wildman–Crippen MR) is 86.4 cm³/mol. The van der Waals surface area contributed by atoms with Gasteiger partial charge < -0.3 is 4.74 Å². The van der Waals surface area contributed by atoms with Crippen LogP contribution in [0.2, 0.25) is 0 Å². The zero-order valence-electron chi connectivity index (χ0n) is 13.1. The maximum atomic E-state index is 12.2. The van der Waals surface area contributed by atoms with Crippen molar-refractivity contribution in [1.82, 2.24) is 0 Å². The molecule has 0 N–H and O–H groups in total. The molecule has 2 rings (SSSR count). The molecule has 1 aromatic carbocycles. The van der Waals surface area contributed by atoms with E-state index in [1.54, 1.807) is 6.08 Å². The topological polar surface area (TPSA) is 9.23 Å². The lowest BCUT2D eigenvalue weighted by atomic mass is 9.79. The normalized spacial score (nSPS) is 22.6. The molecule has 1 fully saturated rings. The fourth-order valence-electron chi connectivity index (χ4n) is 3.13. The molecule has 1 aromatic rings. The minimum Gasteiger partial charge on any atom is -0.494 e. The van der Waals surface area contributed by atoms with Crippen LogP contribution in [-0.2, 0) is 0 Å². The van der Waals surface area contributed by atoms with Gasteiger partial charge in [0.25, 0.3) is 0 Å². The van der Waals surface area contributed by atoms with Crippen LogP contribution in [0.25, 0.3) is 0 Å². The van der Waals surface area contributed by atoms with Gasteiger partial charge in [-0.1, -0.05) is 38.0 Å². The summed E-state index contributed by atoms with van der Waals surface area (Å²) in [7, 11) is 0. The Labute approximate surface area is 128 Å². The van der Waals surface area contributed by atoms with E-state index in [1.807, 2.05) is 0 Å². The molecule has 0 bridgehead atoms. The highest BCUT2D eigenvalue weighted by atomic mass is 19.1. The first-order chi connectivity index (χ1) is 10.3. The number of hydrogen-bond donors (Lipinski definition) is 0. The molecule has 1 aliphatic carbocycles. The number of halogens is 1. The highest BCUT2D eigenvalue weighted by Crippen LogP contribution is 2.36. The summed E-state index contributed by atoms with van der Waals surface area (Å²) in [5, 5.41) is 0. The number of ether oxygens (including phenoxy) is 1. The third kappa shape index (κ3) is 5.18. The lowest BCUT2D eigenvalue weighted by Crippen LogP contribution is -2.11. The summed E-state index contributed by atoms with van der Waals surface area (Å²) < 4.78 is 17.9. The van der Waals surface area contributed by atoms with Crippen molar-refractivity contribution < 1.29 is 9.13 Å². The number of hydrogen-bond acceptors (Lipinski definition) is 1. The second-order valence-corrected chi connectivity index (χ2v) is 6.05. The summed E-state index contributed by atoms with van der Waals surface area (Å²) in [6, 6.07) is 8.58. The molecular formula is C19H27FO. The van der Waals surface area contributed by atoms with E-state index < -0.39 is 0 Å². The molecule has 21 heavy (non-hydrogen) atoms. The molecule has 0 amide bonds. The van der Waals surface area contributed by atoms with Crippen LogP contribution in [0.1, 0.15) is 63.4 Å². The van der Waals surface area contributed by atoms with E-state index in [4.69, 9.17) is 4.74 Å². The van der Waals surface area contributed by atoms with E-state index >= 15 is 0 Å². The molecule has 116 valence electrons. The summed E-state index contributed by atoms with van der Waals surface area (Å²) in [5.74, 6) is 2.04. The van der Waals surface area contributed by atoms with E-state index in [0.29, 0.717) is 18.2 Å². The number of rotatable bonds is 7. The Morgan fingerprint density at radius 3 is 2.43 bits per heavy atom. The van der Waals surface area contributed by atoms with Crippen LogP contribution < -0.4 is 4.74 Å². The third-order valence-electron chi connectivity index (χ3n) is 4.48. The molecular weight excluding hydrogens is 263 g/mol. The zero-order chi connectivity index (χ0) is 14.9. The van der Waals surface area contributed by atoms with Gasteiger partial charge in [-0.25, -0.2) is 4.39 Å². The number of unbranched alkanes of at least 4 members (excludes halogenated alkanes) is 2. The van der Waals surface area contributed by atoms with Gasteiger partial charge in [-0.05, 0) is 61.6 Å². The molecule has 1 nitrogen and oxygen atoms in total. The van der Waals surface area contributed by atoms with E-state index in [9.17, 15) is 4.39 Å². The van der Waals surface area contributed by atoms with Gasteiger partial charge in [0.05, 0.1) is 12.9 Å². The van der Waals surface area contributed by atoms with Crippen molar-refractivity contribution in [2.75, 3.05) is 6.61 Å². The van der Waals surface area contributed by atoms with Crippen molar-refractivity contribution in [3.8, 4) is 5.75 Å². The monoisotopic (exact) mass is 290 g/mol. The van der Waals surface area contributed by atoms with Crippen molar-refractivity contribution in [1.29, 1.82) is 0 Å². The van der Waals surface area contributed by atoms with Crippen LogP contribution in [0, 0.1) is 5.92 Å². The zero-order valence-corrected chi connectivity index (χ0v) is 13.1. The van der Waals surface area contributed by atoms with Gasteiger partial charge in [0.1, 0.15) is 5.75 Å². The first-order valence-corrected chi connectivity index (χ1v) is 8.33. The van der Waals surface area contributed by atoms with E-state index in [-0.39, 0.29) is 0 Å². The molecule has 1 aliphatic rings. The highest BCUT2D eigenvalue weighted by molar-refractivity contribution is 5.29. The maximum Gasteiger partial charge on any atom is 0.119 e. The van der Waals surface area contributed by atoms with Crippen LogP contribution in [0.4, 0.5) is 4.39 Å². The molecule has 0 atom stereocenters. The van der Waals surface area contributed by atoms with Gasteiger partial charge in [0.15, 0.2) is 0 Å². The van der Waals surface area contributed by atoms with E-state index in [2.05, 4.69) is 31.2 Å². The molecule has 0 radical (unpaired) electrons. The van der Waals surface area contributed by atoms with Crippen molar-refractivity contribution >= 4 is 0 Å². The summed E-state index contributed by atoms with van der Waals surface area (Å²) in [5.41, 5.74) is 1.40. The van der Waals surface area contributed by atoms with Gasteiger partial charge in [0, 0.05) is 0 Å². The highest BCUT2D eigenvalue weighted by Gasteiger charge is 2.20. The first kappa shape index (κ1) is 16.1. The fraction of sp³-hybridized carbons (Fsp3) is 0.579. The Morgan fingerprint density at radius 2 is 1.81 bits per heavy atom. The minimum atomic E-state index is 0.437. The van der Waals surface area contributed by atoms with Crippen LogP contribution in [0.5, 0.6) is 5.75 Å². The lowest BCUT2D eigenvalue weighted by molar-refractivity contribution is 0.306. The molecule has 0 spiro atoms. The van der Waals surface area contributed by atoms with Gasteiger partial charge in [-0.3, -0.25) is 0 Å².